The van der Waals surface area contributed by atoms with Crippen molar-refractivity contribution in [3.8, 4) is 0 Å². The van der Waals surface area contributed by atoms with Gasteiger partial charge in [-0.05, 0) is 11.5 Å². The van der Waals surface area contributed by atoms with Crippen LogP contribution in [0.1, 0.15) is 20.7 Å². The number of hydrogen-bond donors (Lipinski definition) is 4. The first-order valence-electron chi connectivity index (χ1n) is 5.50. The number of amides is 2. The summed E-state index contributed by atoms with van der Waals surface area (Å²) in [6.07, 6.45) is 0. The van der Waals surface area contributed by atoms with Gasteiger partial charge in [0.25, 0.3) is 0 Å². The molecule has 0 aliphatic rings. The highest BCUT2D eigenvalue weighted by Crippen LogP contribution is 2.31. The van der Waals surface area contributed by atoms with Gasteiger partial charge in [-0.3, -0.25) is 0 Å². The molecule has 0 aliphatic heterocycles. The van der Waals surface area contributed by atoms with Crippen LogP contribution >= 0.6 is 0 Å². The van der Waals surface area contributed by atoms with Crippen molar-refractivity contribution in [1.29, 1.82) is 0 Å². The van der Waals surface area contributed by atoms with Crippen LogP contribution in [0.25, 0.3) is 10.8 Å². The third-order valence-corrected chi connectivity index (χ3v) is 2.75. The smallest absolute Gasteiger partial charge is 0.337 e. The van der Waals surface area contributed by atoms with Gasteiger partial charge in [-0.2, -0.15) is 0 Å². The van der Waals surface area contributed by atoms with E-state index in [1.54, 1.807) is 12.1 Å². The number of anilines is 1. The van der Waals surface area contributed by atoms with E-state index in [1.807, 2.05) is 0 Å². The van der Waals surface area contributed by atoms with Gasteiger partial charge in [0.15, 0.2) is 0 Å². The molecule has 0 atom stereocenters. The number of urea groups is 1. The first-order chi connectivity index (χ1) is 9.41. The lowest BCUT2D eigenvalue weighted by molar-refractivity contribution is 0.0697. The summed E-state index contributed by atoms with van der Waals surface area (Å²) < 4.78 is 0. The monoisotopic (exact) mass is 274 g/mol. The highest BCUT2D eigenvalue weighted by atomic mass is 16.4. The molecular formula is C13H10N2O5. The summed E-state index contributed by atoms with van der Waals surface area (Å²) in [5.41, 5.74) is 4.51. The third kappa shape index (κ3) is 2.24. The van der Waals surface area contributed by atoms with Crippen LogP contribution < -0.4 is 11.1 Å². The molecule has 0 unspecified atom stereocenters. The number of carbonyl (C=O) groups excluding carboxylic acids is 1. The summed E-state index contributed by atoms with van der Waals surface area (Å²) in [6.45, 7) is 0. The van der Waals surface area contributed by atoms with E-state index in [1.165, 1.54) is 12.1 Å². The van der Waals surface area contributed by atoms with Crippen LogP contribution in [0.4, 0.5) is 10.5 Å². The minimum atomic E-state index is -1.36. The number of primary amides is 1. The first kappa shape index (κ1) is 13.3. The number of aromatic carboxylic acids is 2. The van der Waals surface area contributed by atoms with Gasteiger partial charge in [-0.15, -0.1) is 0 Å². The number of benzene rings is 2. The molecule has 2 aromatic rings. The van der Waals surface area contributed by atoms with E-state index in [2.05, 4.69) is 5.32 Å². The Morgan fingerprint density at radius 2 is 1.50 bits per heavy atom. The van der Waals surface area contributed by atoms with E-state index in [4.69, 9.17) is 15.9 Å². The van der Waals surface area contributed by atoms with Crippen LogP contribution in [0.3, 0.4) is 0 Å². The zero-order chi connectivity index (χ0) is 14.9. The Hall–Kier alpha value is -3.09. The molecule has 20 heavy (non-hydrogen) atoms. The number of carbonyl (C=O) groups is 3. The van der Waals surface area contributed by atoms with Crippen molar-refractivity contribution < 1.29 is 24.6 Å². The normalized spacial score (nSPS) is 10.2. The average molecular weight is 274 g/mol. The van der Waals surface area contributed by atoms with Gasteiger partial charge in [-0.1, -0.05) is 24.3 Å². The maximum atomic E-state index is 11.2. The summed E-state index contributed by atoms with van der Waals surface area (Å²) in [6, 6.07) is 6.32. The highest BCUT2D eigenvalue weighted by Gasteiger charge is 2.20. The number of nitrogens with two attached hydrogens (primary N) is 1. The van der Waals surface area contributed by atoms with E-state index < -0.39 is 18.0 Å². The number of carboxylic acids is 2. The van der Waals surface area contributed by atoms with Gasteiger partial charge < -0.3 is 21.3 Å². The Balaban J connectivity index is 2.90. The molecule has 2 amide bonds. The van der Waals surface area contributed by atoms with E-state index in [-0.39, 0.29) is 16.8 Å². The largest absolute Gasteiger partial charge is 0.478 e. The van der Waals surface area contributed by atoms with Gasteiger partial charge >= 0.3 is 18.0 Å². The van der Waals surface area contributed by atoms with Crippen molar-refractivity contribution >= 4 is 34.4 Å². The predicted octanol–water partition coefficient (Wildman–Crippen LogP) is 1.73. The van der Waals surface area contributed by atoms with Gasteiger partial charge in [0.1, 0.15) is 0 Å². The van der Waals surface area contributed by atoms with Crippen LogP contribution in [0, 0.1) is 0 Å². The predicted molar refractivity (Wildman–Crippen MR) is 71.1 cm³/mol. The summed E-state index contributed by atoms with van der Waals surface area (Å²) in [4.78, 5) is 33.5. The average Bonchev–Trinajstić information content (AvgIpc) is 2.37. The zero-order valence-corrected chi connectivity index (χ0v) is 10.1. The number of rotatable bonds is 3. The molecule has 102 valence electrons. The van der Waals surface area contributed by atoms with Gasteiger partial charge in [0.05, 0.1) is 16.8 Å². The fourth-order valence-corrected chi connectivity index (χ4v) is 1.98. The van der Waals surface area contributed by atoms with Crippen LogP contribution in [-0.2, 0) is 0 Å². The molecule has 0 spiro atoms. The molecule has 0 bridgehead atoms. The molecule has 0 fully saturated rings. The van der Waals surface area contributed by atoms with Crippen LogP contribution in [0.5, 0.6) is 0 Å². The fourth-order valence-electron chi connectivity index (χ4n) is 1.98. The van der Waals surface area contributed by atoms with E-state index in [0.29, 0.717) is 10.8 Å². The van der Waals surface area contributed by atoms with E-state index in [9.17, 15) is 14.4 Å². The van der Waals surface area contributed by atoms with Gasteiger partial charge in [-0.25, -0.2) is 14.4 Å². The molecule has 2 rings (SSSR count). The standard InChI is InChI=1S/C13H10N2O5/c14-13(20)15-10-7-4-2-1-3-6(7)8(11(16)17)5-9(10)12(18)19/h1-5H,(H,16,17)(H,18,19)(H3,14,15,20). The second kappa shape index (κ2) is 4.88. The molecule has 0 aliphatic carbocycles. The molecule has 0 saturated carbocycles. The lowest BCUT2D eigenvalue weighted by Gasteiger charge is -2.12. The Bertz CT molecular complexity index is 739. The highest BCUT2D eigenvalue weighted by molar-refractivity contribution is 6.15. The van der Waals surface area contributed by atoms with E-state index >= 15 is 0 Å². The molecule has 0 radical (unpaired) electrons. The maximum absolute atomic E-state index is 11.2. The third-order valence-electron chi connectivity index (χ3n) is 2.75. The van der Waals surface area contributed by atoms with Crippen molar-refractivity contribution in [1.82, 2.24) is 0 Å². The summed E-state index contributed by atoms with van der Waals surface area (Å²) in [5.74, 6) is -2.61. The van der Waals surface area contributed by atoms with Gasteiger partial charge in [0, 0.05) is 5.39 Å². The number of fused-ring (bicyclic) bond motifs is 1. The number of carboxylic acid groups (broad SMARTS) is 2. The van der Waals surface area contributed by atoms with Crippen molar-refractivity contribution in [3.05, 3.63) is 41.5 Å². The zero-order valence-electron chi connectivity index (χ0n) is 10.1. The summed E-state index contributed by atoms with van der Waals surface area (Å²) in [7, 11) is 0. The Kier molecular flexibility index (Phi) is 3.26. The quantitative estimate of drug-likeness (QED) is 0.677. The minimum Gasteiger partial charge on any atom is -0.478 e. The summed E-state index contributed by atoms with van der Waals surface area (Å²) in [5, 5.41) is 21.2. The molecule has 0 saturated heterocycles. The first-order valence-corrected chi connectivity index (χ1v) is 5.50. The second-order valence-electron chi connectivity index (χ2n) is 3.99. The lowest BCUT2D eigenvalue weighted by atomic mass is 9.98. The van der Waals surface area contributed by atoms with Crippen LogP contribution in [-0.4, -0.2) is 28.2 Å². The Morgan fingerprint density at radius 3 is 2.00 bits per heavy atom. The Labute approximate surface area is 112 Å². The van der Waals surface area contributed by atoms with Crippen molar-refractivity contribution in [3.63, 3.8) is 0 Å². The SMILES string of the molecule is NC(=O)Nc1c(C(=O)O)cc(C(=O)O)c2ccccc12. The van der Waals surface area contributed by atoms with E-state index in [0.717, 1.165) is 6.07 Å². The van der Waals surface area contributed by atoms with Crippen LogP contribution in [0.15, 0.2) is 30.3 Å². The molecular weight excluding hydrogens is 264 g/mol. The van der Waals surface area contributed by atoms with Crippen molar-refractivity contribution in [2.75, 3.05) is 5.32 Å². The second-order valence-corrected chi connectivity index (χ2v) is 3.99. The molecule has 0 aromatic heterocycles. The summed E-state index contributed by atoms with van der Waals surface area (Å²) >= 11 is 0. The fraction of sp³-hybridized carbons (Fsp3) is 0. The molecule has 2 aromatic carbocycles. The topological polar surface area (TPSA) is 130 Å². The number of hydrogen-bond acceptors (Lipinski definition) is 3. The molecule has 0 heterocycles. The van der Waals surface area contributed by atoms with Crippen molar-refractivity contribution in [2.24, 2.45) is 5.73 Å². The molecule has 5 N–H and O–H groups in total. The lowest BCUT2D eigenvalue weighted by Crippen LogP contribution is -2.21. The minimum absolute atomic E-state index is 0.0226. The molecule has 7 nitrogen and oxygen atoms in total. The van der Waals surface area contributed by atoms with Gasteiger partial charge in [0.2, 0.25) is 0 Å². The van der Waals surface area contributed by atoms with Crippen molar-refractivity contribution in [2.45, 2.75) is 0 Å². The molecule has 7 heteroatoms. The van der Waals surface area contributed by atoms with Crippen LogP contribution in [0.2, 0.25) is 0 Å². The Morgan fingerprint density at radius 1 is 0.950 bits per heavy atom. The maximum Gasteiger partial charge on any atom is 0.337 e. The number of nitrogens with one attached hydrogen (secondary N) is 1.